The number of hydrogen-bond donors (Lipinski definition) is 2. The van der Waals surface area contributed by atoms with Gasteiger partial charge in [0.25, 0.3) is 5.91 Å². The number of ether oxygens (including phenoxy) is 1. The third-order valence-corrected chi connectivity index (χ3v) is 4.76. The molecule has 0 bridgehead atoms. The zero-order chi connectivity index (χ0) is 20.6. The van der Waals surface area contributed by atoms with E-state index in [1.54, 1.807) is 42.6 Å². The van der Waals surface area contributed by atoms with Crippen LogP contribution in [0.2, 0.25) is 0 Å². The molecule has 0 aliphatic rings. The molecule has 3 amide bonds. The number of thiazole rings is 1. The van der Waals surface area contributed by atoms with Gasteiger partial charge in [0.05, 0.1) is 0 Å². The van der Waals surface area contributed by atoms with Crippen molar-refractivity contribution in [1.82, 2.24) is 15.6 Å². The van der Waals surface area contributed by atoms with E-state index in [0.717, 1.165) is 5.56 Å². The first-order valence-corrected chi connectivity index (χ1v) is 9.82. The van der Waals surface area contributed by atoms with Crippen LogP contribution in [0.1, 0.15) is 29.1 Å². The highest BCUT2D eigenvalue weighted by Crippen LogP contribution is 2.25. The quantitative estimate of drug-likeness (QED) is 0.607. The van der Waals surface area contributed by atoms with Crippen molar-refractivity contribution >= 4 is 29.2 Å². The van der Waals surface area contributed by atoms with Crippen molar-refractivity contribution in [2.75, 3.05) is 6.54 Å². The Balaban J connectivity index is 1.79. The van der Waals surface area contributed by atoms with E-state index in [1.807, 2.05) is 30.3 Å². The van der Waals surface area contributed by atoms with Gasteiger partial charge in [-0.15, -0.1) is 11.3 Å². The molecular formula is C21H19N3O4S. The van der Waals surface area contributed by atoms with Gasteiger partial charge in [0, 0.05) is 23.1 Å². The molecule has 29 heavy (non-hydrogen) atoms. The fourth-order valence-electron chi connectivity index (χ4n) is 2.53. The molecule has 0 fully saturated rings. The molecule has 0 aliphatic carbocycles. The van der Waals surface area contributed by atoms with Gasteiger partial charge in [-0.3, -0.25) is 10.1 Å². The van der Waals surface area contributed by atoms with Gasteiger partial charge in [-0.2, -0.15) is 0 Å². The van der Waals surface area contributed by atoms with Crippen molar-refractivity contribution in [3.05, 3.63) is 77.3 Å². The normalized spacial score (nSPS) is 11.3. The number of aromatic nitrogens is 1. The van der Waals surface area contributed by atoms with Crippen molar-refractivity contribution in [2.45, 2.75) is 13.0 Å². The lowest BCUT2D eigenvalue weighted by Gasteiger charge is -2.17. The van der Waals surface area contributed by atoms with Crippen molar-refractivity contribution in [3.63, 3.8) is 0 Å². The van der Waals surface area contributed by atoms with Crippen LogP contribution >= 0.6 is 11.3 Å². The Hall–Kier alpha value is -3.52. The molecule has 148 valence electrons. The first kappa shape index (κ1) is 20.2. The van der Waals surface area contributed by atoms with Crippen molar-refractivity contribution < 1.29 is 19.1 Å². The van der Waals surface area contributed by atoms with E-state index in [-0.39, 0.29) is 5.69 Å². The molecule has 7 nitrogen and oxygen atoms in total. The third-order valence-electron chi connectivity index (χ3n) is 3.87. The fourth-order valence-corrected chi connectivity index (χ4v) is 3.33. The maximum Gasteiger partial charge on any atom is 0.358 e. The highest BCUT2D eigenvalue weighted by Gasteiger charge is 2.28. The van der Waals surface area contributed by atoms with Crippen LogP contribution in [0.5, 0.6) is 0 Å². The fraction of sp³-hybridized carbons (Fsp3) is 0.143. The molecule has 3 rings (SSSR count). The van der Waals surface area contributed by atoms with Gasteiger partial charge in [0.1, 0.15) is 5.01 Å². The van der Waals surface area contributed by atoms with Crippen LogP contribution in [0.25, 0.3) is 10.6 Å². The molecule has 2 aromatic carbocycles. The second-order valence-corrected chi connectivity index (χ2v) is 6.81. The summed E-state index contributed by atoms with van der Waals surface area (Å²) < 4.78 is 5.43. The Labute approximate surface area is 171 Å². The van der Waals surface area contributed by atoms with Gasteiger partial charge in [-0.1, -0.05) is 60.7 Å². The molecule has 1 atom stereocenters. The Bertz CT molecular complexity index is 989. The van der Waals surface area contributed by atoms with E-state index in [2.05, 4.69) is 15.6 Å². The Kier molecular flexibility index (Phi) is 6.70. The number of carbonyl (C=O) groups is 3. The smallest absolute Gasteiger partial charge is 0.358 e. The first-order valence-electron chi connectivity index (χ1n) is 8.94. The minimum atomic E-state index is -1.28. The molecule has 0 saturated carbocycles. The number of urea groups is 1. The zero-order valence-corrected chi connectivity index (χ0v) is 16.4. The number of benzene rings is 2. The summed E-state index contributed by atoms with van der Waals surface area (Å²) in [4.78, 5) is 41.2. The SMILES string of the molecule is CCNC(=O)NC(=O)[C@H](OC(=O)c1csc(-c2ccccc2)n1)c1ccccc1. The van der Waals surface area contributed by atoms with Crippen LogP contribution in [0, 0.1) is 0 Å². The molecule has 3 aromatic rings. The number of amides is 3. The predicted octanol–water partition coefficient (Wildman–Crippen LogP) is 3.55. The van der Waals surface area contributed by atoms with E-state index in [9.17, 15) is 14.4 Å². The number of nitrogens with zero attached hydrogens (tertiary/aromatic N) is 1. The van der Waals surface area contributed by atoms with Gasteiger partial charge in [0.2, 0.25) is 6.10 Å². The van der Waals surface area contributed by atoms with Gasteiger partial charge in [-0.25, -0.2) is 14.6 Å². The maximum absolute atomic E-state index is 12.6. The Morgan fingerprint density at radius 2 is 1.69 bits per heavy atom. The summed E-state index contributed by atoms with van der Waals surface area (Å²) in [6.07, 6.45) is -1.28. The molecule has 0 spiro atoms. The van der Waals surface area contributed by atoms with Gasteiger partial charge in [-0.05, 0) is 6.92 Å². The average Bonchev–Trinajstić information content (AvgIpc) is 3.23. The van der Waals surface area contributed by atoms with Crippen molar-refractivity contribution in [3.8, 4) is 10.6 Å². The minimum absolute atomic E-state index is 0.0978. The summed E-state index contributed by atoms with van der Waals surface area (Å²) in [7, 11) is 0. The summed E-state index contributed by atoms with van der Waals surface area (Å²) in [5, 5.41) is 6.90. The monoisotopic (exact) mass is 409 g/mol. The maximum atomic E-state index is 12.6. The number of esters is 1. The zero-order valence-electron chi connectivity index (χ0n) is 15.6. The number of hydrogen-bond acceptors (Lipinski definition) is 6. The highest BCUT2D eigenvalue weighted by molar-refractivity contribution is 7.13. The molecule has 0 unspecified atom stereocenters. The predicted molar refractivity (Wildman–Crippen MR) is 109 cm³/mol. The molecular weight excluding hydrogens is 390 g/mol. The molecule has 0 aliphatic heterocycles. The summed E-state index contributed by atoms with van der Waals surface area (Å²) >= 11 is 1.30. The lowest BCUT2D eigenvalue weighted by Crippen LogP contribution is -2.42. The average molecular weight is 409 g/mol. The number of nitrogens with one attached hydrogen (secondary N) is 2. The molecule has 8 heteroatoms. The van der Waals surface area contributed by atoms with Crippen LogP contribution in [0.15, 0.2) is 66.0 Å². The second kappa shape index (κ2) is 9.61. The van der Waals surface area contributed by atoms with Crippen LogP contribution in [0.3, 0.4) is 0 Å². The van der Waals surface area contributed by atoms with E-state index in [0.29, 0.717) is 17.1 Å². The van der Waals surface area contributed by atoms with E-state index in [1.165, 1.54) is 11.3 Å². The molecule has 1 aromatic heterocycles. The largest absolute Gasteiger partial charge is 0.443 e. The molecule has 2 N–H and O–H groups in total. The Morgan fingerprint density at radius 1 is 1.03 bits per heavy atom. The van der Waals surface area contributed by atoms with Crippen LogP contribution in [0.4, 0.5) is 4.79 Å². The standard InChI is InChI=1S/C21H19N3O4S/c1-2-22-21(27)24-18(25)17(14-9-5-3-6-10-14)28-20(26)16-13-29-19(23-16)15-11-7-4-8-12-15/h3-13,17H,2H2,1H3,(H2,22,24,25,27)/t17-/m1/s1. The third kappa shape index (κ3) is 5.26. The molecule has 0 radical (unpaired) electrons. The molecule has 1 heterocycles. The van der Waals surface area contributed by atoms with Crippen molar-refractivity contribution in [1.29, 1.82) is 0 Å². The van der Waals surface area contributed by atoms with E-state index in [4.69, 9.17) is 4.74 Å². The van der Waals surface area contributed by atoms with Crippen LogP contribution in [-0.2, 0) is 9.53 Å². The molecule has 0 saturated heterocycles. The van der Waals surface area contributed by atoms with Crippen molar-refractivity contribution in [2.24, 2.45) is 0 Å². The highest BCUT2D eigenvalue weighted by atomic mass is 32.1. The van der Waals surface area contributed by atoms with Gasteiger partial charge < -0.3 is 10.1 Å². The minimum Gasteiger partial charge on any atom is -0.443 e. The summed E-state index contributed by atoms with van der Waals surface area (Å²) in [5.74, 6) is -1.49. The number of imide groups is 1. The van der Waals surface area contributed by atoms with Gasteiger partial charge in [0.15, 0.2) is 5.69 Å². The van der Waals surface area contributed by atoms with E-state index < -0.39 is 24.0 Å². The number of rotatable bonds is 6. The van der Waals surface area contributed by atoms with Crippen LogP contribution < -0.4 is 10.6 Å². The van der Waals surface area contributed by atoms with Gasteiger partial charge >= 0.3 is 12.0 Å². The summed E-state index contributed by atoms with van der Waals surface area (Å²) in [6.45, 7) is 2.08. The number of carbonyl (C=O) groups excluding carboxylic acids is 3. The van der Waals surface area contributed by atoms with E-state index >= 15 is 0 Å². The lowest BCUT2D eigenvalue weighted by molar-refractivity contribution is -0.129. The Morgan fingerprint density at radius 3 is 2.34 bits per heavy atom. The topological polar surface area (TPSA) is 97.4 Å². The first-order chi connectivity index (χ1) is 14.1. The van der Waals surface area contributed by atoms with Crippen LogP contribution in [-0.4, -0.2) is 29.4 Å². The lowest BCUT2D eigenvalue weighted by atomic mass is 10.1. The summed E-state index contributed by atoms with van der Waals surface area (Å²) in [5.41, 5.74) is 1.42. The summed E-state index contributed by atoms with van der Waals surface area (Å²) in [6, 6.07) is 17.3. The second-order valence-electron chi connectivity index (χ2n) is 5.95.